The standard InChI is InChI=1S/C13H19Cl2NO/c1-4-9(2)16-8-10(3)17-13-6-11(14)5-12(15)7-13/h5-7,9-10,16H,4,8H2,1-3H3. The maximum atomic E-state index is 5.90. The smallest absolute Gasteiger partial charge is 0.122 e. The molecule has 0 fully saturated rings. The van der Waals surface area contributed by atoms with Crippen LogP contribution in [0.5, 0.6) is 5.75 Å². The van der Waals surface area contributed by atoms with Crippen LogP contribution in [-0.4, -0.2) is 18.7 Å². The second kappa shape index (κ2) is 7.10. The van der Waals surface area contributed by atoms with E-state index in [1.807, 2.05) is 6.92 Å². The van der Waals surface area contributed by atoms with Crippen molar-refractivity contribution in [2.45, 2.75) is 39.3 Å². The SMILES string of the molecule is CCC(C)NCC(C)Oc1cc(Cl)cc(Cl)c1. The number of halogens is 2. The first-order valence-electron chi connectivity index (χ1n) is 5.87. The van der Waals surface area contributed by atoms with Gasteiger partial charge in [-0.15, -0.1) is 0 Å². The summed E-state index contributed by atoms with van der Waals surface area (Å²) in [5.74, 6) is 0.709. The Labute approximate surface area is 113 Å². The van der Waals surface area contributed by atoms with Gasteiger partial charge in [0.15, 0.2) is 0 Å². The maximum Gasteiger partial charge on any atom is 0.122 e. The maximum absolute atomic E-state index is 5.90. The quantitative estimate of drug-likeness (QED) is 0.842. The predicted octanol–water partition coefficient (Wildman–Crippen LogP) is 4.15. The average molecular weight is 276 g/mol. The molecule has 0 saturated heterocycles. The zero-order valence-electron chi connectivity index (χ0n) is 10.5. The molecule has 0 aliphatic rings. The Balaban J connectivity index is 2.47. The summed E-state index contributed by atoms with van der Waals surface area (Å²) in [6.45, 7) is 7.13. The molecule has 1 N–H and O–H groups in total. The third-order valence-corrected chi connectivity index (χ3v) is 2.98. The first-order valence-corrected chi connectivity index (χ1v) is 6.63. The first kappa shape index (κ1) is 14.6. The molecule has 2 unspecified atom stereocenters. The Morgan fingerprint density at radius 1 is 1.18 bits per heavy atom. The van der Waals surface area contributed by atoms with Crippen molar-refractivity contribution in [3.8, 4) is 5.75 Å². The second-order valence-corrected chi connectivity index (χ2v) is 5.12. The zero-order chi connectivity index (χ0) is 12.8. The van der Waals surface area contributed by atoms with E-state index in [9.17, 15) is 0 Å². The average Bonchev–Trinajstić information content (AvgIpc) is 2.24. The highest BCUT2D eigenvalue weighted by Gasteiger charge is 2.07. The van der Waals surface area contributed by atoms with Gasteiger partial charge in [0.25, 0.3) is 0 Å². The van der Waals surface area contributed by atoms with E-state index in [0.717, 1.165) is 13.0 Å². The molecule has 0 heterocycles. The predicted molar refractivity (Wildman–Crippen MR) is 74.3 cm³/mol. The molecule has 2 atom stereocenters. The van der Waals surface area contributed by atoms with Crippen LogP contribution in [0.15, 0.2) is 18.2 Å². The van der Waals surface area contributed by atoms with Crippen molar-refractivity contribution >= 4 is 23.2 Å². The molecule has 0 saturated carbocycles. The van der Waals surface area contributed by atoms with Crippen LogP contribution >= 0.6 is 23.2 Å². The van der Waals surface area contributed by atoms with Crippen molar-refractivity contribution in [3.63, 3.8) is 0 Å². The van der Waals surface area contributed by atoms with Crippen LogP contribution in [0.4, 0.5) is 0 Å². The van der Waals surface area contributed by atoms with E-state index >= 15 is 0 Å². The molecule has 0 spiro atoms. The molecule has 2 nitrogen and oxygen atoms in total. The Bertz CT molecular complexity index is 337. The van der Waals surface area contributed by atoms with Crippen LogP contribution in [0, 0.1) is 0 Å². The third-order valence-electron chi connectivity index (χ3n) is 2.54. The van der Waals surface area contributed by atoms with Crippen LogP contribution in [0.2, 0.25) is 10.0 Å². The summed E-state index contributed by atoms with van der Waals surface area (Å²) in [5, 5.41) is 4.57. The number of hydrogen-bond donors (Lipinski definition) is 1. The van der Waals surface area contributed by atoms with Crippen LogP contribution in [0.25, 0.3) is 0 Å². The minimum atomic E-state index is 0.0820. The molecular weight excluding hydrogens is 257 g/mol. The van der Waals surface area contributed by atoms with Gasteiger partial charge in [-0.1, -0.05) is 30.1 Å². The molecule has 0 aliphatic carbocycles. The van der Waals surface area contributed by atoms with Gasteiger partial charge in [-0.05, 0) is 38.5 Å². The summed E-state index contributed by atoms with van der Waals surface area (Å²) in [6.07, 6.45) is 1.19. The molecule has 1 aromatic rings. The normalized spacial score (nSPS) is 14.4. The molecule has 1 aromatic carbocycles. The Morgan fingerprint density at radius 3 is 2.29 bits per heavy atom. The third kappa shape index (κ3) is 5.62. The lowest BCUT2D eigenvalue weighted by atomic mass is 10.2. The second-order valence-electron chi connectivity index (χ2n) is 4.25. The lowest BCUT2D eigenvalue weighted by Crippen LogP contribution is -2.34. The number of rotatable bonds is 6. The van der Waals surface area contributed by atoms with Crippen LogP contribution in [0.1, 0.15) is 27.2 Å². The number of nitrogens with one attached hydrogen (secondary N) is 1. The summed E-state index contributed by atoms with van der Waals surface area (Å²) < 4.78 is 5.74. The summed E-state index contributed by atoms with van der Waals surface area (Å²) in [7, 11) is 0. The Kier molecular flexibility index (Phi) is 6.10. The summed E-state index contributed by atoms with van der Waals surface area (Å²) >= 11 is 11.8. The van der Waals surface area contributed by atoms with Crippen molar-refractivity contribution in [1.29, 1.82) is 0 Å². The number of hydrogen-bond acceptors (Lipinski definition) is 2. The molecule has 1 rings (SSSR count). The van der Waals surface area contributed by atoms with Gasteiger partial charge >= 0.3 is 0 Å². The Hall–Kier alpha value is -0.440. The highest BCUT2D eigenvalue weighted by atomic mass is 35.5. The Morgan fingerprint density at radius 2 is 1.76 bits per heavy atom. The van der Waals surface area contributed by atoms with E-state index in [2.05, 4.69) is 19.2 Å². The minimum absolute atomic E-state index is 0.0820. The fourth-order valence-corrected chi connectivity index (χ4v) is 1.89. The number of benzene rings is 1. The van der Waals surface area contributed by atoms with Crippen molar-refractivity contribution in [2.24, 2.45) is 0 Å². The largest absolute Gasteiger partial charge is 0.489 e. The van der Waals surface area contributed by atoms with Gasteiger partial charge in [-0.2, -0.15) is 0 Å². The fourth-order valence-electron chi connectivity index (χ4n) is 1.38. The molecule has 0 aliphatic heterocycles. The molecule has 17 heavy (non-hydrogen) atoms. The fraction of sp³-hybridized carbons (Fsp3) is 0.538. The molecule has 0 radical (unpaired) electrons. The molecule has 96 valence electrons. The molecule has 0 amide bonds. The topological polar surface area (TPSA) is 21.3 Å². The lowest BCUT2D eigenvalue weighted by Gasteiger charge is -2.18. The van der Waals surface area contributed by atoms with Gasteiger partial charge in [0, 0.05) is 22.6 Å². The van der Waals surface area contributed by atoms with E-state index in [1.54, 1.807) is 18.2 Å². The summed E-state index contributed by atoms with van der Waals surface area (Å²) in [6, 6.07) is 5.74. The van der Waals surface area contributed by atoms with Crippen molar-refractivity contribution < 1.29 is 4.74 Å². The van der Waals surface area contributed by atoms with E-state index in [1.165, 1.54) is 0 Å². The molecule has 4 heteroatoms. The molecule has 0 bridgehead atoms. The first-order chi connectivity index (χ1) is 8.01. The van der Waals surface area contributed by atoms with Crippen LogP contribution in [0.3, 0.4) is 0 Å². The van der Waals surface area contributed by atoms with Crippen molar-refractivity contribution in [1.82, 2.24) is 5.32 Å². The molecular formula is C13H19Cl2NO. The van der Waals surface area contributed by atoms with E-state index < -0.39 is 0 Å². The van der Waals surface area contributed by atoms with Gasteiger partial charge < -0.3 is 10.1 Å². The monoisotopic (exact) mass is 275 g/mol. The van der Waals surface area contributed by atoms with Gasteiger partial charge in [-0.25, -0.2) is 0 Å². The van der Waals surface area contributed by atoms with E-state index in [4.69, 9.17) is 27.9 Å². The highest BCUT2D eigenvalue weighted by molar-refractivity contribution is 6.34. The molecule has 0 aromatic heterocycles. The highest BCUT2D eigenvalue weighted by Crippen LogP contribution is 2.24. The van der Waals surface area contributed by atoms with Crippen LogP contribution < -0.4 is 10.1 Å². The van der Waals surface area contributed by atoms with Gasteiger partial charge in [0.05, 0.1) is 0 Å². The van der Waals surface area contributed by atoms with Crippen molar-refractivity contribution in [2.75, 3.05) is 6.54 Å². The minimum Gasteiger partial charge on any atom is -0.489 e. The lowest BCUT2D eigenvalue weighted by molar-refractivity contribution is 0.212. The summed E-state index contributed by atoms with van der Waals surface area (Å²) in [5.41, 5.74) is 0. The van der Waals surface area contributed by atoms with Crippen molar-refractivity contribution in [3.05, 3.63) is 28.2 Å². The van der Waals surface area contributed by atoms with Gasteiger partial charge in [0.2, 0.25) is 0 Å². The number of ether oxygens (including phenoxy) is 1. The van der Waals surface area contributed by atoms with Gasteiger partial charge in [-0.3, -0.25) is 0 Å². The van der Waals surface area contributed by atoms with Gasteiger partial charge in [0.1, 0.15) is 11.9 Å². The van der Waals surface area contributed by atoms with E-state index in [-0.39, 0.29) is 6.10 Å². The van der Waals surface area contributed by atoms with Crippen LogP contribution in [-0.2, 0) is 0 Å². The summed E-state index contributed by atoms with van der Waals surface area (Å²) in [4.78, 5) is 0. The zero-order valence-corrected chi connectivity index (χ0v) is 12.0. The van der Waals surface area contributed by atoms with E-state index in [0.29, 0.717) is 21.8 Å².